The minimum Gasteiger partial charge on any atom is -0.466 e. The molecule has 3 rings (SSSR count). The van der Waals surface area contributed by atoms with Gasteiger partial charge < -0.3 is 4.74 Å². The number of methoxy groups -OCH3 is 1. The number of rotatable bonds is 5. The summed E-state index contributed by atoms with van der Waals surface area (Å²) in [7, 11) is 1.24. The Morgan fingerprint density at radius 3 is 2.74 bits per heavy atom. The Hall–Kier alpha value is -2.80. The van der Waals surface area contributed by atoms with Crippen molar-refractivity contribution >= 4 is 34.5 Å². The van der Waals surface area contributed by atoms with E-state index in [0.717, 1.165) is 0 Å². The van der Waals surface area contributed by atoms with Crippen LogP contribution in [-0.4, -0.2) is 22.9 Å². The molecule has 0 aliphatic rings. The summed E-state index contributed by atoms with van der Waals surface area (Å²) in [5, 5.41) is 5.16. The van der Waals surface area contributed by atoms with Crippen LogP contribution in [0.15, 0.2) is 42.5 Å². The number of hydrogen-bond acceptors (Lipinski definition) is 3. The van der Waals surface area contributed by atoms with Gasteiger partial charge in [-0.05, 0) is 29.8 Å². The number of esters is 1. The Morgan fingerprint density at radius 2 is 2.07 bits per heavy atom. The van der Waals surface area contributed by atoms with Crippen molar-refractivity contribution in [1.82, 2.24) is 9.78 Å². The highest BCUT2D eigenvalue weighted by Crippen LogP contribution is 2.28. The monoisotopic (exact) mass is 394 g/mol. The quantitative estimate of drug-likeness (QED) is 0.452. The Labute approximate surface area is 157 Å². The molecule has 3 aromatic rings. The van der Waals surface area contributed by atoms with Crippen LogP contribution < -0.4 is 0 Å². The summed E-state index contributed by atoms with van der Waals surface area (Å²) in [6.07, 6.45) is -0.00185. The second-order valence-electron chi connectivity index (χ2n) is 5.71. The van der Waals surface area contributed by atoms with Gasteiger partial charge in [0, 0.05) is 22.0 Å². The smallest absolute Gasteiger partial charge is 0.330 e. The fourth-order valence-corrected chi connectivity index (χ4v) is 2.85. The molecule has 0 unspecified atom stereocenters. The predicted octanol–water partition coefficient (Wildman–Crippen LogP) is 5.00. The average Bonchev–Trinajstić information content (AvgIpc) is 2.99. The number of hydrogen-bond donors (Lipinski definition) is 0. The number of carbonyl (C=O) groups is 1. The zero-order valence-electron chi connectivity index (χ0n) is 14.1. The van der Waals surface area contributed by atoms with Crippen molar-refractivity contribution < 1.29 is 22.7 Å². The molecule has 1 aromatic heterocycles. The summed E-state index contributed by atoms with van der Waals surface area (Å²) >= 11 is 6.06. The van der Waals surface area contributed by atoms with Crippen molar-refractivity contribution in [2.75, 3.05) is 7.11 Å². The van der Waals surface area contributed by atoms with E-state index >= 15 is 0 Å². The first-order valence-electron chi connectivity index (χ1n) is 7.87. The lowest BCUT2D eigenvalue weighted by Crippen LogP contribution is -2.03. The first-order chi connectivity index (χ1) is 12.9. The minimum absolute atomic E-state index is 0.147. The molecule has 0 bridgehead atoms. The topological polar surface area (TPSA) is 44.1 Å². The number of nitrogens with zero attached hydrogens (tertiary/aromatic N) is 2. The molecule has 2 aromatic carbocycles. The van der Waals surface area contributed by atoms with E-state index in [1.54, 1.807) is 0 Å². The molecule has 0 saturated heterocycles. The standard InChI is InChI=1S/C19H14ClF3N2O2/c1-27-18(26)7-6-16-14-5-3-11(19(22)23)8-17(14)25(24-16)10-12-2-4-13(21)9-15(12)20/h2-9,19H,10H2,1H3/b7-6+. The van der Waals surface area contributed by atoms with Gasteiger partial charge in [-0.25, -0.2) is 18.0 Å². The molecule has 0 atom stereocenters. The lowest BCUT2D eigenvalue weighted by atomic mass is 10.1. The number of ether oxygens (including phenoxy) is 1. The third-order valence-corrected chi connectivity index (χ3v) is 4.32. The number of aromatic nitrogens is 2. The van der Waals surface area contributed by atoms with Crippen molar-refractivity contribution in [3.63, 3.8) is 0 Å². The van der Waals surface area contributed by atoms with Crippen molar-refractivity contribution in [3.8, 4) is 0 Å². The first-order valence-corrected chi connectivity index (χ1v) is 8.25. The SMILES string of the molecule is COC(=O)/C=C/c1nn(Cc2ccc(F)cc2Cl)c2cc(C(F)F)ccc12. The highest BCUT2D eigenvalue weighted by molar-refractivity contribution is 6.31. The molecule has 1 heterocycles. The second-order valence-corrected chi connectivity index (χ2v) is 6.12. The summed E-state index contributed by atoms with van der Waals surface area (Å²) < 4.78 is 45.5. The van der Waals surface area contributed by atoms with Crippen LogP contribution >= 0.6 is 11.6 Å². The Morgan fingerprint density at radius 1 is 1.30 bits per heavy atom. The summed E-state index contributed by atoms with van der Waals surface area (Å²) in [5.41, 5.74) is 1.28. The molecular formula is C19H14ClF3N2O2. The molecule has 0 aliphatic carbocycles. The van der Waals surface area contributed by atoms with E-state index in [1.165, 1.54) is 60.3 Å². The van der Waals surface area contributed by atoms with Gasteiger partial charge in [0.1, 0.15) is 5.82 Å². The Kier molecular flexibility index (Phi) is 5.51. The molecule has 0 aliphatic heterocycles. The maximum Gasteiger partial charge on any atom is 0.330 e. The molecule has 0 amide bonds. The van der Waals surface area contributed by atoms with Crippen LogP contribution in [0.3, 0.4) is 0 Å². The number of halogens is 4. The zero-order valence-corrected chi connectivity index (χ0v) is 14.9. The van der Waals surface area contributed by atoms with Gasteiger partial charge in [-0.1, -0.05) is 29.8 Å². The number of carbonyl (C=O) groups excluding carboxylic acids is 1. The zero-order chi connectivity index (χ0) is 19.6. The molecular weight excluding hydrogens is 381 g/mol. The van der Waals surface area contributed by atoms with Crippen molar-refractivity contribution in [2.45, 2.75) is 13.0 Å². The van der Waals surface area contributed by atoms with Crippen molar-refractivity contribution in [1.29, 1.82) is 0 Å². The van der Waals surface area contributed by atoms with Crippen LogP contribution in [0.1, 0.15) is 23.2 Å². The van der Waals surface area contributed by atoms with Crippen LogP contribution in [0.5, 0.6) is 0 Å². The molecule has 0 saturated carbocycles. The van der Waals surface area contributed by atoms with Crippen LogP contribution in [0.2, 0.25) is 5.02 Å². The van der Waals surface area contributed by atoms with Gasteiger partial charge in [0.25, 0.3) is 6.43 Å². The van der Waals surface area contributed by atoms with Gasteiger partial charge in [-0.3, -0.25) is 4.68 Å². The van der Waals surface area contributed by atoms with E-state index in [9.17, 15) is 18.0 Å². The maximum atomic E-state index is 13.3. The lowest BCUT2D eigenvalue weighted by molar-refractivity contribution is -0.134. The lowest BCUT2D eigenvalue weighted by Gasteiger charge is -2.07. The highest BCUT2D eigenvalue weighted by atomic mass is 35.5. The van der Waals surface area contributed by atoms with Gasteiger partial charge in [-0.2, -0.15) is 5.10 Å². The third-order valence-electron chi connectivity index (χ3n) is 3.97. The van der Waals surface area contributed by atoms with Crippen LogP contribution in [0.4, 0.5) is 13.2 Å². The van der Waals surface area contributed by atoms with E-state index in [4.69, 9.17) is 11.6 Å². The van der Waals surface area contributed by atoms with Crippen LogP contribution in [-0.2, 0) is 16.1 Å². The fraction of sp³-hybridized carbons (Fsp3) is 0.158. The van der Waals surface area contributed by atoms with E-state index in [2.05, 4.69) is 9.84 Å². The van der Waals surface area contributed by atoms with E-state index in [0.29, 0.717) is 22.2 Å². The highest BCUT2D eigenvalue weighted by Gasteiger charge is 2.15. The molecule has 140 valence electrons. The molecule has 27 heavy (non-hydrogen) atoms. The largest absolute Gasteiger partial charge is 0.466 e. The van der Waals surface area contributed by atoms with Crippen molar-refractivity contribution in [3.05, 3.63) is 70.1 Å². The maximum absolute atomic E-state index is 13.3. The molecule has 4 nitrogen and oxygen atoms in total. The number of fused-ring (bicyclic) bond motifs is 1. The third kappa shape index (κ3) is 4.14. The summed E-state index contributed by atoms with van der Waals surface area (Å²) in [6, 6.07) is 8.09. The Bertz CT molecular complexity index is 1030. The molecule has 0 N–H and O–H groups in total. The summed E-state index contributed by atoms with van der Waals surface area (Å²) in [6.45, 7) is 0.147. The van der Waals surface area contributed by atoms with Gasteiger partial charge in [-0.15, -0.1) is 0 Å². The average molecular weight is 395 g/mol. The Balaban J connectivity index is 2.10. The second kappa shape index (κ2) is 7.84. The van der Waals surface area contributed by atoms with Crippen LogP contribution in [0, 0.1) is 5.82 Å². The van der Waals surface area contributed by atoms with E-state index in [-0.39, 0.29) is 17.1 Å². The minimum atomic E-state index is -2.64. The summed E-state index contributed by atoms with van der Waals surface area (Å²) in [5.74, 6) is -1.04. The van der Waals surface area contributed by atoms with Gasteiger partial charge in [0.2, 0.25) is 0 Å². The summed E-state index contributed by atoms with van der Waals surface area (Å²) in [4.78, 5) is 11.3. The predicted molar refractivity (Wildman–Crippen MR) is 96.3 cm³/mol. The molecule has 8 heteroatoms. The molecule has 0 radical (unpaired) electrons. The van der Waals surface area contributed by atoms with Gasteiger partial charge in [0.15, 0.2) is 0 Å². The van der Waals surface area contributed by atoms with Gasteiger partial charge >= 0.3 is 5.97 Å². The van der Waals surface area contributed by atoms with E-state index < -0.39 is 18.2 Å². The normalized spacial score (nSPS) is 11.6. The van der Waals surface area contributed by atoms with E-state index in [1.807, 2.05) is 0 Å². The molecule has 0 spiro atoms. The van der Waals surface area contributed by atoms with Crippen LogP contribution in [0.25, 0.3) is 17.0 Å². The number of alkyl halides is 2. The van der Waals surface area contributed by atoms with Crippen molar-refractivity contribution in [2.24, 2.45) is 0 Å². The first kappa shape index (κ1) is 19.0. The molecule has 0 fully saturated rings. The fourth-order valence-electron chi connectivity index (χ4n) is 2.62. The number of benzene rings is 2. The van der Waals surface area contributed by atoms with Gasteiger partial charge in [0.05, 0.1) is 24.9 Å².